The van der Waals surface area contributed by atoms with Crippen LogP contribution < -0.4 is 4.74 Å². The van der Waals surface area contributed by atoms with E-state index in [1.165, 1.54) is 0 Å². The first-order valence-electron chi connectivity index (χ1n) is 5.64. The van der Waals surface area contributed by atoms with Crippen molar-refractivity contribution >= 4 is 0 Å². The fourth-order valence-corrected chi connectivity index (χ4v) is 1.41. The highest BCUT2D eigenvalue weighted by atomic mass is 19.2. The molecule has 0 unspecified atom stereocenters. The maximum absolute atomic E-state index is 13.1. The van der Waals surface area contributed by atoms with E-state index in [0.717, 1.165) is 19.3 Å². The lowest BCUT2D eigenvalue weighted by Crippen LogP contribution is -2.08. The van der Waals surface area contributed by atoms with Gasteiger partial charge in [-0.3, -0.25) is 0 Å². The van der Waals surface area contributed by atoms with Crippen LogP contribution in [0.5, 0.6) is 5.75 Å². The molecule has 0 atom stereocenters. The fraction of sp³-hybridized carbons (Fsp3) is 0.500. The Morgan fingerprint density at radius 1 is 0.722 bits per heavy atom. The monoisotopic (exact) mass is 268 g/mol. The van der Waals surface area contributed by atoms with Crippen molar-refractivity contribution in [3.63, 3.8) is 0 Å². The first kappa shape index (κ1) is 14.7. The normalized spacial score (nSPS) is 10.8. The lowest BCUT2D eigenvalue weighted by atomic mass is 10.2. The van der Waals surface area contributed by atoms with Crippen molar-refractivity contribution in [2.75, 3.05) is 6.61 Å². The van der Waals surface area contributed by atoms with E-state index in [9.17, 15) is 22.0 Å². The first-order chi connectivity index (χ1) is 8.50. The van der Waals surface area contributed by atoms with Gasteiger partial charge in [-0.2, -0.15) is 8.78 Å². The molecule has 6 heteroatoms. The topological polar surface area (TPSA) is 9.23 Å². The summed E-state index contributed by atoms with van der Waals surface area (Å²) in [5.74, 6) is -11.2. The molecule has 0 heterocycles. The highest BCUT2D eigenvalue weighted by molar-refractivity contribution is 5.29. The number of hydrogen-bond acceptors (Lipinski definition) is 1. The highest BCUT2D eigenvalue weighted by Gasteiger charge is 2.26. The summed E-state index contributed by atoms with van der Waals surface area (Å²) in [7, 11) is 0. The van der Waals surface area contributed by atoms with Crippen molar-refractivity contribution in [2.45, 2.75) is 32.6 Å². The molecule has 0 radical (unpaired) electrons. The Hall–Kier alpha value is -1.33. The second-order valence-electron chi connectivity index (χ2n) is 3.81. The van der Waals surface area contributed by atoms with Crippen LogP contribution in [0.2, 0.25) is 0 Å². The van der Waals surface area contributed by atoms with Gasteiger partial charge in [-0.25, -0.2) is 13.2 Å². The van der Waals surface area contributed by atoms with E-state index < -0.39 is 34.8 Å². The minimum absolute atomic E-state index is 0.0850. The van der Waals surface area contributed by atoms with Gasteiger partial charge in [0.25, 0.3) is 0 Å². The van der Waals surface area contributed by atoms with Crippen LogP contribution in [0.4, 0.5) is 22.0 Å². The van der Waals surface area contributed by atoms with Crippen LogP contribution in [0.3, 0.4) is 0 Å². The zero-order valence-corrected chi connectivity index (χ0v) is 9.83. The SMILES string of the molecule is CCCCCCOc1c(F)c(F)c(F)c(F)c1F. The van der Waals surface area contributed by atoms with E-state index in [1.807, 2.05) is 6.92 Å². The molecule has 0 aliphatic heterocycles. The number of unbranched alkanes of at least 4 members (excludes halogenated alkanes) is 3. The lowest BCUT2D eigenvalue weighted by Gasteiger charge is -2.09. The molecule has 0 saturated carbocycles. The number of benzene rings is 1. The van der Waals surface area contributed by atoms with Crippen LogP contribution in [0.1, 0.15) is 32.6 Å². The largest absolute Gasteiger partial charge is 0.487 e. The van der Waals surface area contributed by atoms with Gasteiger partial charge in [0.05, 0.1) is 6.61 Å². The molecule has 0 aliphatic carbocycles. The van der Waals surface area contributed by atoms with Gasteiger partial charge in [0, 0.05) is 0 Å². The Bertz CT molecular complexity index is 390. The van der Waals surface area contributed by atoms with E-state index in [4.69, 9.17) is 0 Å². The molecule has 1 aromatic carbocycles. The van der Waals surface area contributed by atoms with Gasteiger partial charge < -0.3 is 4.74 Å². The first-order valence-corrected chi connectivity index (χ1v) is 5.64. The van der Waals surface area contributed by atoms with Gasteiger partial charge in [-0.1, -0.05) is 26.2 Å². The summed E-state index contributed by atoms with van der Waals surface area (Å²) in [5, 5.41) is 0. The van der Waals surface area contributed by atoms with Gasteiger partial charge in [0.15, 0.2) is 5.75 Å². The maximum atomic E-state index is 13.1. The lowest BCUT2D eigenvalue weighted by molar-refractivity contribution is 0.255. The molecule has 0 bridgehead atoms. The molecule has 0 fully saturated rings. The minimum Gasteiger partial charge on any atom is -0.487 e. The Morgan fingerprint density at radius 3 is 1.72 bits per heavy atom. The van der Waals surface area contributed by atoms with Gasteiger partial charge in [0.2, 0.25) is 29.1 Å². The smallest absolute Gasteiger partial charge is 0.206 e. The molecule has 18 heavy (non-hydrogen) atoms. The highest BCUT2D eigenvalue weighted by Crippen LogP contribution is 2.29. The molecule has 0 spiro atoms. The molecule has 0 N–H and O–H groups in total. The summed E-state index contributed by atoms with van der Waals surface area (Å²) >= 11 is 0. The number of halogens is 5. The molecule has 1 aromatic rings. The average molecular weight is 268 g/mol. The zero-order chi connectivity index (χ0) is 13.7. The Morgan fingerprint density at radius 2 is 1.22 bits per heavy atom. The van der Waals surface area contributed by atoms with E-state index in [0.29, 0.717) is 6.42 Å². The fourth-order valence-electron chi connectivity index (χ4n) is 1.41. The van der Waals surface area contributed by atoms with Gasteiger partial charge >= 0.3 is 0 Å². The molecule has 102 valence electrons. The standard InChI is InChI=1S/C12H13F5O/c1-2-3-4-5-6-18-12-10(16)8(14)7(13)9(15)11(12)17/h2-6H2,1H3. The van der Waals surface area contributed by atoms with Crippen LogP contribution in [0, 0.1) is 29.1 Å². The van der Waals surface area contributed by atoms with E-state index in [2.05, 4.69) is 4.74 Å². The third kappa shape index (κ3) is 3.11. The van der Waals surface area contributed by atoms with Crippen molar-refractivity contribution in [2.24, 2.45) is 0 Å². The van der Waals surface area contributed by atoms with E-state index in [-0.39, 0.29) is 6.61 Å². The number of ether oxygens (including phenoxy) is 1. The Balaban J connectivity index is 2.77. The van der Waals surface area contributed by atoms with Crippen molar-refractivity contribution in [3.05, 3.63) is 29.1 Å². The molecule has 0 saturated heterocycles. The summed E-state index contributed by atoms with van der Waals surface area (Å²) in [5.41, 5.74) is 0. The van der Waals surface area contributed by atoms with Gasteiger partial charge in [-0.05, 0) is 6.42 Å². The molecule has 0 amide bonds. The van der Waals surface area contributed by atoms with Crippen LogP contribution >= 0.6 is 0 Å². The third-order valence-electron chi connectivity index (χ3n) is 2.41. The second-order valence-corrected chi connectivity index (χ2v) is 3.81. The van der Waals surface area contributed by atoms with Gasteiger partial charge in [0.1, 0.15) is 0 Å². The van der Waals surface area contributed by atoms with Crippen LogP contribution in [0.15, 0.2) is 0 Å². The molecule has 0 aliphatic rings. The molecule has 0 aromatic heterocycles. The molecule has 1 nitrogen and oxygen atoms in total. The summed E-state index contributed by atoms with van der Waals surface area (Å²) in [6.45, 7) is 1.89. The predicted molar refractivity (Wildman–Crippen MR) is 55.9 cm³/mol. The summed E-state index contributed by atoms with van der Waals surface area (Å²) < 4.78 is 69.2. The van der Waals surface area contributed by atoms with Crippen LogP contribution in [0.25, 0.3) is 0 Å². The maximum Gasteiger partial charge on any atom is 0.206 e. The minimum atomic E-state index is -2.18. The van der Waals surface area contributed by atoms with Gasteiger partial charge in [-0.15, -0.1) is 0 Å². The van der Waals surface area contributed by atoms with Crippen molar-refractivity contribution in [3.8, 4) is 5.75 Å². The Kier molecular flexibility index (Phi) is 5.37. The van der Waals surface area contributed by atoms with E-state index >= 15 is 0 Å². The van der Waals surface area contributed by atoms with Crippen molar-refractivity contribution < 1.29 is 26.7 Å². The molecule has 1 rings (SSSR count). The average Bonchev–Trinajstić information content (AvgIpc) is 2.37. The van der Waals surface area contributed by atoms with Crippen molar-refractivity contribution in [1.29, 1.82) is 0 Å². The van der Waals surface area contributed by atoms with Crippen LogP contribution in [-0.2, 0) is 0 Å². The number of hydrogen-bond donors (Lipinski definition) is 0. The quantitative estimate of drug-likeness (QED) is 0.323. The summed E-state index contributed by atoms with van der Waals surface area (Å²) in [4.78, 5) is 0. The van der Waals surface area contributed by atoms with E-state index in [1.54, 1.807) is 0 Å². The second kappa shape index (κ2) is 6.56. The van der Waals surface area contributed by atoms with Crippen LogP contribution in [-0.4, -0.2) is 6.61 Å². The Labute approximate surface area is 102 Å². The summed E-state index contributed by atoms with van der Waals surface area (Å²) in [6, 6.07) is 0. The third-order valence-corrected chi connectivity index (χ3v) is 2.41. The molecular weight excluding hydrogens is 255 g/mol. The zero-order valence-electron chi connectivity index (χ0n) is 9.83. The summed E-state index contributed by atoms with van der Waals surface area (Å²) in [6.07, 6.45) is 3.14. The molecular formula is C12H13F5O. The predicted octanol–water partition coefficient (Wildman–Crippen LogP) is 4.34. The number of rotatable bonds is 6. The van der Waals surface area contributed by atoms with Crippen molar-refractivity contribution in [1.82, 2.24) is 0 Å².